The first kappa shape index (κ1) is 12.9. The SMILES string of the molecule is CCC(CC)CCn1cnc2c1NC(N)NC2=O. The molecule has 2 rings (SSSR count). The highest BCUT2D eigenvalue weighted by Gasteiger charge is 2.25. The van der Waals surface area contributed by atoms with Gasteiger partial charge in [0.05, 0.1) is 6.33 Å². The summed E-state index contributed by atoms with van der Waals surface area (Å²) in [6, 6.07) is 0. The minimum Gasteiger partial charge on any atom is -0.337 e. The zero-order chi connectivity index (χ0) is 13.1. The van der Waals surface area contributed by atoms with Crippen LogP contribution < -0.4 is 16.4 Å². The molecule has 1 aliphatic rings. The second-order valence-corrected chi connectivity index (χ2v) is 4.70. The number of anilines is 1. The third-order valence-corrected chi connectivity index (χ3v) is 3.56. The van der Waals surface area contributed by atoms with Crippen LogP contribution in [0.3, 0.4) is 0 Å². The predicted molar refractivity (Wildman–Crippen MR) is 70.0 cm³/mol. The lowest BCUT2D eigenvalue weighted by atomic mass is 10.00. The van der Waals surface area contributed by atoms with Crippen molar-refractivity contribution in [2.45, 2.75) is 45.9 Å². The fraction of sp³-hybridized carbons (Fsp3) is 0.667. The number of fused-ring (bicyclic) bond motifs is 1. The van der Waals surface area contributed by atoms with Crippen molar-refractivity contribution in [1.82, 2.24) is 14.9 Å². The van der Waals surface area contributed by atoms with E-state index in [9.17, 15) is 4.79 Å². The van der Waals surface area contributed by atoms with E-state index >= 15 is 0 Å². The molecule has 1 aliphatic heterocycles. The number of rotatable bonds is 5. The van der Waals surface area contributed by atoms with E-state index in [4.69, 9.17) is 5.73 Å². The highest BCUT2D eigenvalue weighted by atomic mass is 16.2. The summed E-state index contributed by atoms with van der Waals surface area (Å²) in [7, 11) is 0. The van der Waals surface area contributed by atoms with Crippen LogP contribution in [0.1, 0.15) is 43.6 Å². The fourth-order valence-electron chi connectivity index (χ4n) is 2.28. The largest absolute Gasteiger partial charge is 0.337 e. The Morgan fingerprint density at radius 1 is 1.44 bits per heavy atom. The maximum atomic E-state index is 11.7. The highest BCUT2D eigenvalue weighted by Crippen LogP contribution is 2.21. The average Bonchev–Trinajstić information content (AvgIpc) is 2.74. The van der Waals surface area contributed by atoms with E-state index in [1.807, 2.05) is 4.57 Å². The van der Waals surface area contributed by atoms with Crippen molar-refractivity contribution in [2.24, 2.45) is 11.7 Å². The Labute approximate surface area is 107 Å². The van der Waals surface area contributed by atoms with Crippen LogP contribution in [0.15, 0.2) is 6.33 Å². The molecular formula is C12H21N5O. The van der Waals surface area contributed by atoms with E-state index < -0.39 is 6.29 Å². The second kappa shape index (κ2) is 5.39. The smallest absolute Gasteiger partial charge is 0.276 e. The zero-order valence-electron chi connectivity index (χ0n) is 10.9. The van der Waals surface area contributed by atoms with E-state index in [0.717, 1.165) is 18.8 Å². The summed E-state index contributed by atoms with van der Waals surface area (Å²) in [5.74, 6) is 1.24. The molecule has 6 heteroatoms. The van der Waals surface area contributed by atoms with Crippen LogP contribution in [0.5, 0.6) is 0 Å². The van der Waals surface area contributed by atoms with Gasteiger partial charge in [-0.05, 0) is 12.3 Å². The Morgan fingerprint density at radius 2 is 2.17 bits per heavy atom. The van der Waals surface area contributed by atoms with Gasteiger partial charge in [0, 0.05) is 6.54 Å². The van der Waals surface area contributed by atoms with E-state index in [1.54, 1.807) is 6.33 Å². The van der Waals surface area contributed by atoms with E-state index in [-0.39, 0.29) is 5.91 Å². The highest BCUT2D eigenvalue weighted by molar-refractivity contribution is 5.98. The van der Waals surface area contributed by atoms with Gasteiger partial charge >= 0.3 is 0 Å². The molecule has 0 saturated heterocycles. The van der Waals surface area contributed by atoms with Gasteiger partial charge < -0.3 is 15.2 Å². The van der Waals surface area contributed by atoms with Gasteiger partial charge in [-0.1, -0.05) is 26.7 Å². The molecule has 1 aromatic rings. The van der Waals surface area contributed by atoms with Crippen LogP contribution in [-0.4, -0.2) is 21.7 Å². The summed E-state index contributed by atoms with van der Waals surface area (Å²) < 4.78 is 1.98. The molecule has 0 bridgehead atoms. The molecule has 6 nitrogen and oxygen atoms in total. The molecule has 0 spiro atoms. The van der Waals surface area contributed by atoms with Gasteiger partial charge in [0.1, 0.15) is 5.82 Å². The fourth-order valence-corrected chi connectivity index (χ4v) is 2.28. The van der Waals surface area contributed by atoms with E-state index in [1.165, 1.54) is 12.8 Å². The van der Waals surface area contributed by atoms with Gasteiger partial charge in [0.25, 0.3) is 5.91 Å². The molecule has 18 heavy (non-hydrogen) atoms. The predicted octanol–water partition coefficient (Wildman–Crippen LogP) is 1.11. The van der Waals surface area contributed by atoms with Crippen LogP contribution in [0, 0.1) is 5.92 Å². The van der Waals surface area contributed by atoms with Gasteiger partial charge in [0.15, 0.2) is 12.0 Å². The molecule has 1 amide bonds. The molecule has 0 radical (unpaired) electrons. The monoisotopic (exact) mass is 251 g/mol. The molecule has 0 aliphatic carbocycles. The number of nitrogens with one attached hydrogen (secondary N) is 2. The lowest BCUT2D eigenvalue weighted by molar-refractivity contribution is 0.0932. The summed E-state index contributed by atoms with van der Waals surface area (Å²) in [6.45, 7) is 5.28. The third kappa shape index (κ3) is 2.48. The van der Waals surface area contributed by atoms with Gasteiger partial charge in [-0.25, -0.2) is 4.98 Å². The standard InChI is InChI=1S/C12H21N5O/c1-3-8(4-2)5-6-17-7-14-9-10(17)15-12(13)16-11(9)18/h7-8,12,15H,3-6,13H2,1-2H3,(H,16,18). The average molecular weight is 251 g/mol. The molecule has 0 fully saturated rings. The minimum absolute atomic E-state index is 0.211. The summed E-state index contributed by atoms with van der Waals surface area (Å²) in [5.41, 5.74) is 6.12. The molecule has 1 aromatic heterocycles. The van der Waals surface area contributed by atoms with Crippen molar-refractivity contribution in [3.05, 3.63) is 12.0 Å². The van der Waals surface area contributed by atoms with Crippen molar-refractivity contribution in [1.29, 1.82) is 0 Å². The topological polar surface area (TPSA) is 85.0 Å². The number of carbonyl (C=O) groups excluding carboxylic acids is 1. The summed E-state index contributed by atoms with van der Waals surface area (Å²) in [5, 5.41) is 5.63. The normalized spacial score (nSPS) is 18.4. The van der Waals surface area contributed by atoms with Crippen LogP contribution in [-0.2, 0) is 6.54 Å². The summed E-state index contributed by atoms with van der Waals surface area (Å²) >= 11 is 0. The molecule has 4 N–H and O–H groups in total. The quantitative estimate of drug-likeness (QED) is 0.731. The maximum Gasteiger partial charge on any atom is 0.276 e. The first-order valence-corrected chi connectivity index (χ1v) is 6.53. The van der Waals surface area contributed by atoms with Crippen molar-refractivity contribution < 1.29 is 4.79 Å². The molecule has 2 heterocycles. The maximum absolute atomic E-state index is 11.7. The van der Waals surface area contributed by atoms with Crippen molar-refractivity contribution in [3.8, 4) is 0 Å². The Bertz CT molecular complexity index is 424. The molecule has 0 saturated carbocycles. The number of amides is 1. The van der Waals surface area contributed by atoms with Crippen LogP contribution >= 0.6 is 0 Å². The molecule has 0 aromatic carbocycles. The van der Waals surface area contributed by atoms with Gasteiger partial charge in [0.2, 0.25) is 0 Å². The molecule has 1 atom stereocenters. The van der Waals surface area contributed by atoms with Crippen molar-refractivity contribution in [2.75, 3.05) is 5.32 Å². The number of hydrogen-bond acceptors (Lipinski definition) is 4. The first-order valence-electron chi connectivity index (χ1n) is 6.53. The number of aromatic nitrogens is 2. The number of imidazole rings is 1. The van der Waals surface area contributed by atoms with Gasteiger partial charge in [-0.2, -0.15) is 0 Å². The van der Waals surface area contributed by atoms with Gasteiger partial charge in [-0.3, -0.25) is 10.5 Å². The zero-order valence-corrected chi connectivity index (χ0v) is 10.9. The van der Waals surface area contributed by atoms with Crippen LogP contribution in [0.2, 0.25) is 0 Å². The van der Waals surface area contributed by atoms with E-state index in [0.29, 0.717) is 11.6 Å². The number of carbonyl (C=O) groups is 1. The lowest BCUT2D eigenvalue weighted by Gasteiger charge is -2.23. The Balaban J connectivity index is 2.09. The number of nitrogens with two attached hydrogens (primary N) is 1. The minimum atomic E-state index is -0.534. The lowest BCUT2D eigenvalue weighted by Crippen LogP contribution is -2.51. The molecule has 1 unspecified atom stereocenters. The van der Waals surface area contributed by atoms with Crippen LogP contribution in [0.25, 0.3) is 0 Å². The second-order valence-electron chi connectivity index (χ2n) is 4.70. The van der Waals surface area contributed by atoms with Crippen molar-refractivity contribution in [3.63, 3.8) is 0 Å². The summed E-state index contributed by atoms with van der Waals surface area (Å²) in [4.78, 5) is 15.8. The van der Waals surface area contributed by atoms with Crippen molar-refractivity contribution >= 4 is 11.7 Å². The first-order chi connectivity index (χ1) is 8.65. The molecule has 100 valence electrons. The van der Waals surface area contributed by atoms with Crippen LogP contribution in [0.4, 0.5) is 5.82 Å². The Morgan fingerprint density at radius 3 is 2.83 bits per heavy atom. The summed E-state index contributed by atoms with van der Waals surface area (Å²) in [6.07, 6.45) is 4.63. The van der Waals surface area contributed by atoms with Gasteiger partial charge in [-0.15, -0.1) is 0 Å². The Kier molecular flexibility index (Phi) is 3.86. The Hall–Kier alpha value is -1.56. The number of aryl methyl sites for hydroxylation is 1. The third-order valence-electron chi connectivity index (χ3n) is 3.56. The number of nitrogens with zero attached hydrogens (tertiary/aromatic N) is 2. The number of hydrogen-bond donors (Lipinski definition) is 3. The van der Waals surface area contributed by atoms with E-state index in [2.05, 4.69) is 29.5 Å². The molecular weight excluding hydrogens is 230 g/mol.